The fourth-order valence-electron chi connectivity index (χ4n) is 1.29. The number of fused-ring (bicyclic) bond motifs is 1. The largest absolute Gasteiger partial charge is 0.398 e. The van der Waals surface area contributed by atoms with E-state index in [4.69, 9.17) is 5.73 Å². The molecule has 13 heavy (non-hydrogen) atoms. The van der Waals surface area contributed by atoms with E-state index in [0.29, 0.717) is 12.1 Å². The molecule has 0 amide bonds. The standard InChI is InChI=1S/C9H9N3O/c10-7-1-2-8-5-11-9(3-4-13)12(8)6-7/h1-2,4-6H,3,10H2. The van der Waals surface area contributed by atoms with Crippen LogP contribution in [0.4, 0.5) is 5.69 Å². The molecule has 0 bridgehead atoms. The van der Waals surface area contributed by atoms with E-state index in [-0.39, 0.29) is 0 Å². The van der Waals surface area contributed by atoms with Crippen LogP contribution in [0.3, 0.4) is 0 Å². The summed E-state index contributed by atoms with van der Waals surface area (Å²) in [4.78, 5) is 14.4. The number of nitrogens with two attached hydrogens (primary N) is 1. The Hall–Kier alpha value is -1.84. The highest BCUT2D eigenvalue weighted by Gasteiger charge is 2.01. The second-order valence-electron chi connectivity index (χ2n) is 2.80. The first-order valence-corrected chi connectivity index (χ1v) is 3.96. The van der Waals surface area contributed by atoms with Gasteiger partial charge in [-0.1, -0.05) is 0 Å². The number of anilines is 1. The van der Waals surface area contributed by atoms with Gasteiger partial charge in [0.2, 0.25) is 0 Å². The number of pyridine rings is 1. The number of hydrogen-bond acceptors (Lipinski definition) is 3. The van der Waals surface area contributed by atoms with Gasteiger partial charge in [-0.3, -0.25) is 0 Å². The lowest BCUT2D eigenvalue weighted by atomic mass is 10.4. The van der Waals surface area contributed by atoms with Crippen molar-refractivity contribution in [2.75, 3.05) is 5.73 Å². The summed E-state index contributed by atoms with van der Waals surface area (Å²) >= 11 is 0. The minimum absolute atomic E-state index is 0.317. The van der Waals surface area contributed by atoms with Crippen molar-refractivity contribution < 1.29 is 4.79 Å². The van der Waals surface area contributed by atoms with Crippen molar-refractivity contribution in [3.8, 4) is 0 Å². The predicted octanol–water partition coefficient (Wildman–Crippen LogP) is 0.658. The van der Waals surface area contributed by atoms with Crippen molar-refractivity contribution in [3.05, 3.63) is 30.4 Å². The number of aldehydes is 1. The molecule has 0 aliphatic rings. The van der Waals surface area contributed by atoms with E-state index in [1.54, 1.807) is 12.4 Å². The Balaban J connectivity index is 2.64. The Morgan fingerprint density at radius 1 is 1.54 bits per heavy atom. The van der Waals surface area contributed by atoms with Crippen LogP contribution in [-0.2, 0) is 11.2 Å². The molecule has 0 fully saturated rings. The lowest BCUT2D eigenvalue weighted by molar-refractivity contribution is -0.107. The zero-order valence-electron chi connectivity index (χ0n) is 6.97. The minimum Gasteiger partial charge on any atom is -0.398 e. The number of hydrogen-bond donors (Lipinski definition) is 1. The molecule has 2 aromatic heterocycles. The Kier molecular flexibility index (Phi) is 1.73. The molecule has 0 aromatic carbocycles. The Bertz CT molecular complexity index is 447. The van der Waals surface area contributed by atoms with Crippen LogP contribution in [0.1, 0.15) is 5.82 Å². The van der Waals surface area contributed by atoms with Gasteiger partial charge in [0.15, 0.2) is 0 Å². The lowest BCUT2D eigenvalue weighted by Gasteiger charge is -1.98. The van der Waals surface area contributed by atoms with Crippen molar-refractivity contribution in [2.45, 2.75) is 6.42 Å². The highest BCUT2D eigenvalue weighted by atomic mass is 16.1. The maximum atomic E-state index is 10.3. The summed E-state index contributed by atoms with van der Waals surface area (Å²) in [6.07, 6.45) is 4.63. The first kappa shape index (κ1) is 7.79. The van der Waals surface area contributed by atoms with Gasteiger partial charge in [-0.15, -0.1) is 0 Å². The number of rotatable bonds is 2. The van der Waals surface area contributed by atoms with Gasteiger partial charge in [0.25, 0.3) is 0 Å². The molecule has 66 valence electrons. The van der Waals surface area contributed by atoms with Gasteiger partial charge in [0.1, 0.15) is 12.1 Å². The summed E-state index contributed by atoms with van der Waals surface area (Å²) in [5.74, 6) is 0.720. The first-order chi connectivity index (χ1) is 6.31. The van der Waals surface area contributed by atoms with Crippen LogP contribution in [0.15, 0.2) is 24.5 Å². The van der Waals surface area contributed by atoms with Crippen molar-refractivity contribution in [1.82, 2.24) is 9.38 Å². The third kappa shape index (κ3) is 1.26. The molecular formula is C9H9N3O. The van der Waals surface area contributed by atoms with E-state index in [9.17, 15) is 4.79 Å². The van der Waals surface area contributed by atoms with E-state index < -0.39 is 0 Å². The molecule has 0 spiro atoms. The van der Waals surface area contributed by atoms with Crippen LogP contribution in [0.2, 0.25) is 0 Å². The van der Waals surface area contributed by atoms with Gasteiger partial charge < -0.3 is 14.9 Å². The molecule has 0 unspecified atom stereocenters. The van der Waals surface area contributed by atoms with Crippen LogP contribution in [0.5, 0.6) is 0 Å². The second-order valence-corrected chi connectivity index (χ2v) is 2.80. The van der Waals surface area contributed by atoms with Crippen LogP contribution in [-0.4, -0.2) is 15.7 Å². The van der Waals surface area contributed by atoms with Crippen LogP contribution in [0, 0.1) is 0 Å². The van der Waals surface area contributed by atoms with E-state index in [2.05, 4.69) is 4.98 Å². The lowest BCUT2D eigenvalue weighted by Crippen LogP contribution is -1.97. The van der Waals surface area contributed by atoms with Crippen LogP contribution in [0.25, 0.3) is 5.52 Å². The normalized spacial score (nSPS) is 10.5. The van der Waals surface area contributed by atoms with Gasteiger partial charge in [0, 0.05) is 11.9 Å². The zero-order valence-corrected chi connectivity index (χ0v) is 6.97. The smallest absolute Gasteiger partial charge is 0.127 e. The number of nitrogen functional groups attached to an aromatic ring is 1. The summed E-state index contributed by atoms with van der Waals surface area (Å²) in [6, 6.07) is 3.68. The number of aromatic nitrogens is 2. The highest BCUT2D eigenvalue weighted by Crippen LogP contribution is 2.10. The molecule has 2 heterocycles. The fraction of sp³-hybridized carbons (Fsp3) is 0.111. The van der Waals surface area contributed by atoms with Gasteiger partial charge in [-0.25, -0.2) is 4.98 Å². The Morgan fingerprint density at radius 3 is 3.15 bits per heavy atom. The maximum absolute atomic E-state index is 10.3. The van der Waals surface area contributed by atoms with Crippen LogP contribution >= 0.6 is 0 Å². The zero-order chi connectivity index (χ0) is 9.26. The third-order valence-electron chi connectivity index (χ3n) is 1.89. The molecule has 4 heteroatoms. The monoisotopic (exact) mass is 175 g/mol. The van der Waals surface area contributed by atoms with Crippen molar-refractivity contribution >= 4 is 17.5 Å². The van der Waals surface area contributed by atoms with Crippen molar-refractivity contribution in [1.29, 1.82) is 0 Å². The van der Waals surface area contributed by atoms with Gasteiger partial charge in [-0.05, 0) is 12.1 Å². The molecule has 2 N–H and O–H groups in total. The first-order valence-electron chi connectivity index (χ1n) is 3.96. The number of carbonyl (C=O) groups excluding carboxylic acids is 1. The summed E-state index contributed by atoms with van der Waals surface area (Å²) in [6.45, 7) is 0. The fourth-order valence-corrected chi connectivity index (χ4v) is 1.29. The summed E-state index contributed by atoms with van der Waals surface area (Å²) in [7, 11) is 0. The summed E-state index contributed by atoms with van der Waals surface area (Å²) in [5, 5.41) is 0. The molecular weight excluding hydrogens is 166 g/mol. The average Bonchev–Trinajstić information content (AvgIpc) is 2.49. The molecule has 2 rings (SSSR count). The van der Waals surface area contributed by atoms with Gasteiger partial charge >= 0.3 is 0 Å². The second kappa shape index (κ2) is 2.90. The highest BCUT2D eigenvalue weighted by molar-refractivity contribution is 5.57. The summed E-state index contributed by atoms with van der Waals surface area (Å²) in [5.41, 5.74) is 7.23. The van der Waals surface area contributed by atoms with Crippen molar-refractivity contribution in [3.63, 3.8) is 0 Å². The van der Waals surface area contributed by atoms with E-state index >= 15 is 0 Å². The summed E-state index contributed by atoms with van der Waals surface area (Å²) < 4.78 is 1.82. The molecule has 4 nitrogen and oxygen atoms in total. The SMILES string of the molecule is Nc1ccc2cnc(CC=O)n2c1. The minimum atomic E-state index is 0.317. The maximum Gasteiger partial charge on any atom is 0.127 e. The number of nitrogens with zero attached hydrogens (tertiary/aromatic N) is 2. The molecule has 0 aliphatic carbocycles. The van der Waals surface area contributed by atoms with E-state index in [1.165, 1.54) is 0 Å². The molecule has 0 aliphatic heterocycles. The number of imidazole rings is 1. The van der Waals surface area contributed by atoms with Gasteiger partial charge in [0.05, 0.1) is 18.1 Å². The van der Waals surface area contributed by atoms with E-state index in [0.717, 1.165) is 17.6 Å². The quantitative estimate of drug-likeness (QED) is 0.682. The molecule has 0 atom stereocenters. The van der Waals surface area contributed by atoms with Crippen LogP contribution < -0.4 is 5.73 Å². The molecule has 0 saturated carbocycles. The Morgan fingerprint density at radius 2 is 2.38 bits per heavy atom. The molecule has 0 saturated heterocycles. The average molecular weight is 175 g/mol. The molecule has 2 aromatic rings. The topological polar surface area (TPSA) is 60.4 Å². The van der Waals surface area contributed by atoms with Crippen molar-refractivity contribution in [2.24, 2.45) is 0 Å². The Labute approximate surface area is 75.0 Å². The van der Waals surface area contributed by atoms with E-state index in [1.807, 2.05) is 16.5 Å². The predicted molar refractivity (Wildman–Crippen MR) is 49.4 cm³/mol. The third-order valence-corrected chi connectivity index (χ3v) is 1.89. The van der Waals surface area contributed by atoms with Gasteiger partial charge in [-0.2, -0.15) is 0 Å². The molecule has 0 radical (unpaired) electrons. The number of carbonyl (C=O) groups is 1.